The van der Waals surface area contributed by atoms with Gasteiger partial charge >= 0.3 is 5.97 Å². The number of aromatic carboxylic acids is 1. The second-order valence-electron chi connectivity index (χ2n) is 8.09. The minimum atomic E-state index is -0.943. The molecule has 0 radical (unpaired) electrons. The molecule has 3 aromatic rings. The van der Waals surface area contributed by atoms with Crippen LogP contribution in [-0.4, -0.2) is 27.0 Å². The summed E-state index contributed by atoms with van der Waals surface area (Å²) >= 11 is 1.45. The summed E-state index contributed by atoms with van der Waals surface area (Å²) in [5.74, 6) is -1.06. The normalized spacial score (nSPS) is 16.8. The topological polar surface area (TPSA) is 83.4 Å². The third kappa shape index (κ3) is 4.54. The fourth-order valence-corrected chi connectivity index (χ4v) is 5.07. The lowest BCUT2D eigenvalue weighted by atomic mass is 10.1. The fourth-order valence-electron chi connectivity index (χ4n) is 4.10. The van der Waals surface area contributed by atoms with Crippen molar-refractivity contribution in [3.05, 3.63) is 87.1 Å². The summed E-state index contributed by atoms with van der Waals surface area (Å²) in [5.41, 5.74) is 6.65. The van der Waals surface area contributed by atoms with Crippen molar-refractivity contribution >= 4 is 35.4 Å². The zero-order chi connectivity index (χ0) is 23.7. The first kappa shape index (κ1) is 22.7. The molecule has 33 heavy (non-hydrogen) atoms. The number of carboxylic acids is 1. The van der Waals surface area contributed by atoms with Gasteiger partial charge in [0.05, 0.1) is 10.5 Å². The van der Waals surface area contributed by atoms with E-state index in [2.05, 4.69) is 29.7 Å². The first-order valence-corrected chi connectivity index (χ1v) is 11.7. The Morgan fingerprint density at radius 1 is 1.18 bits per heavy atom. The summed E-state index contributed by atoms with van der Waals surface area (Å²) in [6, 6.07) is 15.5. The van der Waals surface area contributed by atoms with Gasteiger partial charge in [0.25, 0.3) is 5.91 Å². The van der Waals surface area contributed by atoms with Crippen LogP contribution in [0, 0.1) is 20.8 Å². The van der Waals surface area contributed by atoms with Crippen molar-refractivity contribution in [1.29, 1.82) is 0 Å². The van der Waals surface area contributed by atoms with E-state index in [1.807, 2.05) is 55.7 Å². The van der Waals surface area contributed by atoms with Gasteiger partial charge in [0, 0.05) is 22.8 Å². The van der Waals surface area contributed by atoms with Gasteiger partial charge in [0.1, 0.15) is 0 Å². The second-order valence-corrected chi connectivity index (χ2v) is 9.24. The molecule has 1 fully saturated rings. The van der Waals surface area contributed by atoms with Crippen molar-refractivity contribution in [2.24, 2.45) is 0 Å². The van der Waals surface area contributed by atoms with Gasteiger partial charge in [-0.3, -0.25) is 4.79 Å². The number of carboxylic acid groups (broad SMARTS) is 1. The molecule has 0 saturated carbocycles. The van der Waals surface area contributed by atoms with Gasteiger partial charge in [0.2, 0.25) is 0 Å². The molecular formula is C26H27N3O3S. The molecule has 4 rings (SSSR count). The Labute approximate surface area is 197 Å². The molecule has 0 unspecified atom stereocenters. The zero-order valence-corrected chi connectivity index (χ0v) is 19.9. The van der Waals surface area contributed by atoms with Crippen molar-refractivity contribution < 1.29 is 14.7 Å². The van der Waals surface area contributed by atoms with E-state index in [1.165, 1.54) is 17.3 Å². The number of thioether (sulfide) groups is 1. The molecule has 0 bridgehead atoms. The van der Waals surface area contributed by atoms with Crippen molar-refractivity contribution in [1.82, 2.24) is 9.88 Å². The first-order valence-electron chi connectivity index (χ1n) is 10.9. The quantitative estimate of drug-likeness (QED) is 0.436. The van der Waals surface area contributed by atoms with Crippen LogP contribution in [0.4, 0.5) is 5.69 Å². The number of nitrogens with zero attached hydrogens (tertiary/aromatic N) is 1. The second kappa shape index (κ2) is 9.19. The minimum Gasteiger partial charge on any atom is -0.478 e. The Balaban J connectivity index is 1.59. The van der Waals surface area contributed by atoms with Crippen LogP contribution in [0.3, 0.4) is 0 Å². The number of aromatic nitrogens is 1. The van der Waals surface area contributed by atoms with Gasteiger partial charge < -0.3 is 20.3 Å². The Bertz CT molecular complexity index is 1260. The largest absolute Gasteiger partial charge is 0.478 e. The molecule has 2 heterocycles. The summed E-state index contributed by atoms with van der Waals surface area (Å²) in [4.78, 5) is 24.8. The smallest absolute Gasteiger partial charge is 0.336 e. The van der Waals surface area contributed by atoms with Crippen LogP contribution >= 0.6 is 11.8 Å². The molecule has 1 atom stereocenters. The van der Waals surface area contributed by atoms with Crippen LogP contribution < -0.4 is 10.6 Å². The van der Waals surface area contributed by atoms with Crippen LogP contribution in [0.25, 0.3) is 11.8 Å². The van der Waals surface area contributed by atoms with Crippen LogP contribution in [0.1, 0.15) is 45.4 Å². The average molecular weight is 462 g/mol. The summed E-state index contributed by atoms with van der Waals surface area (Å²) in [7, 11) is 0. The molecule has 3 N–H and O–H groups in total. The third-order valence-electron chi connectivity index (χ3n) is 5.92. The van der Waals surface area contributed by atoms with Crippen LogP contribution in [0.2, 0.25) is 0 Å². The molecule has 0 spiro atoms. The fraction of sp³-hybridized carbons (Fsp3) is 0.231. The predicted molar refractivity (Wildman–Crippen MR) is 134 cm³/mol. The number of nitrogens with one attached hydrogen (secondary N) is 2. The highest BCUT2D eigenvalue weighted by Gasteiger charge is 2.27. The molecule has 170 valence electrons. The van der Waals surface area contributed by atoms with E-state index >= 15 is 0 Å². The van der Waals surface area contributed by atoms with E-state index in [9.17, 15) is 14.7 Å². The highest BCUT2D eigenvalue weighted by atomic mass is 32.2. The maximum absolute atomic E-state index is 12.6. The van der Waals surface area contributed by atoms with Gasteiger partial charge in [-0.25, -0.2) is 4.79 Å². The molecular weight excluding hydrogens is 434 g/mol. The maximum atomic E-state index is 12.6. The average Bonchev–Trinajstić information content (AvgIpc) is 3.26. The minimum absolute atomic E-state index is 0.114. The van der Waals surface area contributed by atoms with E-state index in [0.29, 0.717) is 10.5 Å². The lowest BCUT2D eigenvalue weighted by Gasteiger charge is -2.14. The molecule has 1 saturated heterocycles. The molecule has 1 aromatic heterocycles. The van der Waals surface area contributed by atoms with Gasteiger partial charge in [-0.15, -0.1) is 0 Å². The summed E-state index contributed by atoms with van der Waals surface area (Å²) in [6.07, 6.45) is 2.89. The van der Waals surface area contributed by atoms with E-state index in [1.54, 1.807) is 12.1 Å². The monoisotopic (exact) mass is 461 g/mol. The number of rotatable bonds is 6. The summed E-state index contributed by atoms with van der Waals surface area (Å²) < 4.78 is 2.04. The van der Waals surface area contributed by atoms with Crippen LogP contribution in [0.15, 0.2) is 53.4 Å². The number of hydrogen-bond donors (Lipinski definition) is 3. The summed E-state index contributed by atoms with van der Waals surface area (Å²) in [5, 5.41) is 15.8. The lowest BCUT2D eigenvalue weighted by molar-refractivity contribution is -0.116. The number of benzene rings is 2. The maximum Gasteiger partial charge on any atom is 0.336 e. The molecule has 2 aromatic carbocycles. The number of amides is 1. The van der Waals surface area contributed by atoms with E-state index in [-0.39, 0.29) is 17.0 Å². The van der Waals surface area contributed by atoms with Crippen LogP contribution in [-0.2, 0) is 11.2 Å². The van der Waals surface area contributed by atoms with Crippen molar-refractivity contribution in [2.45, 2.75) is 39.6 Å². The summed E-state index contributed by atoms with van der Waals surface area (Å²) in [6.45, 7) is 7.90. The Morgan fingerprint density at radius 3 is 2.58 bits per heavy atom. The molecule has 1 amide bonds. The van der Waals surface area contributed by atoms with Gasteiger partial charge in [-0.2, -0.15) is 0 Å². The standard InChI is InChI=1S/C26H27N3O3S/c1-5-18-9-11-20(12-10-18)27-26-28-24(30)23(33-26)14-19-13-15(2)29(17(19)4)22-8-6-7-21(16(22)3)25(31)32/h6-14,26-27H,5H2,1-4H3,(H,28,30)(H,31,32)/b23-14-/t26-/m1/s1. The molecule has 1 aliphatic rings. The van der Waals surface area contributed by atoms with Gasteiger partial charge in [0.15, 0.2) is 5.50 Å². The van der Waals surface area contributed by atoms with Crippen LogP contribution in [0.5, 0.6) is 0 Å². The van der Waals surface area contributed by atoms with E-state index < -0.39 is 5.97 Å². The van der Waals surface area contributed by atoms with Crippen molar-refractivity contribution in [2.75, 3.05) is 5.32 Å². The number of aryl methyl sites for hydroxylation is 2. The van der Waals surface area contributed by atoms with Crippen molar-refractivity contribution in [3.8, 4) is 5.69 Å². The molecule has 7 heteroatoms. The van der Waals surface area contributed by atoms with Gasteiger partial charge in [-0.05, 0) is 80.3 Å². The van der Waals surface area contributed by atoms with Gasteiger partial charge in [-0.1, -0.05) is 36.9 Å². The van der Waals surface area contributed by atoms with E-state index in [4.69, 9.17) is 0 Å². The Hall–Kier alpha value is -3.45. The van der Waals surface area contributed by atoms with Crippen molar-refractivity contribution in [3.63, 3.8) is 0 Å². The first-order chi connectivity index (χ1) is 15.8. The molecule has 0 aliphatic carbocycles. The highest BCUT2D eigenvalue weighted by Crippen LogP contribution is 2.33. The zero-order valence-electron chi connectivity index (χ0n) is 19.1. The lowest BCUT2D eigenvalue weighted by Crippen LogP contribution is -2.30. The Morgan fingerprint density at radius 2 is 1.91 bits per heavy atom. The molecule has 1 aliphatic heterocycles. The SMILES string of the molecule is CCc1ccc(N[C@@H]2NC(=O)/C(=C/c3cc(C)n(-c4cccc(C(=O)O)c4C)c3C)S2)cc1. The number of carbonyl (C=O) groups excluding carboxylic acids is 1. The third-order valence-corrected chi connectivity index (χ3v) is 6.95. The van der Waals surface area contributed by atoms with E-state index in [0.717, 1.165) is 34.7 Å². The number of anilines is 1. The Kier molecular flexibility index (Phi) is 6.33. The number of carbonyl (C=O) groups is 2. The predicted octanol–water partition coefficient (Wildman–Crippen LogP) is 5.26. The molecule has 6 nitrogen and oxygen atoms in total. The highest BCUT2D eigenvalue weighted by molar-refractivity contribution is 8.05. The number of hydrogen-bond acceptors (Lipinski definition) is 4.